The lowest BCUT2D eigenvalue weighted by Crippen LogP contribution is -2.50. The van der Waals surface area contributed by atoms with Gasteiger partial charge in [0.15, 0.2) is 0 Å². The predicted octanol–water partition coefficient (Wildman–Crippen LogP) is 2.46. The van der Waals surface area contributed by atoms with Crippen LogP contribution in [0.15, 0.2) is 36.5 Å². The molecule has 0 atom stereocenters. The molecule has 0 fully saturated rings. The Morgan fingerprint density at radius 3 is 2.69 bits per heavy atom. The smallest absolute Gasteiger partial charge is 0.0560 e. The highest BCUT2D eigenvalue weighted by Crippen LogP contribution is 2.15. The maximum absolute atomic E-state index is 3.37. The van der Waals surface area contributed by atoms with E-state index in [0.717, 1.165) is 19.5 Å². The van der Waals surface area contributed by atoms with Crippen molar-refractivity contribution in [1.82, 2.24) is 10.5 Å². The van der Waals surface area contributed by atoms with Crippen molar-refractivity contribution in [1.29, 1.82) is 0 Å². The second-order valence-electron chi connectivity index (χ2n) is 4.12. The molecule has 0 radical (unpaired) electrons. The summed E-state index contributed by atoms with van der Waals surface area (Å²) in [7, 11) is 0. The first-order chi connectivity index (χ1) is 7.79. The molecule has 0 bridgehead atoms. The standard InChI is InChI=1S/C13H19N3/c1-3-9-15-10-4-11-16(14-15)13-7-5-12(2)6-8-13/h4-8,10,14H,3,9,11H2,1-2H3. The molecule has 0 amide bonds. The maximum atomic E-state index is 3.37. The molecule has 0 aliphatic carbocycles. The summed E-state index contributed by atoms with van der Waals surface area (Å²) in [6.45, 7) is 6.22. The number of aryl methyl sites for hydroxylation is 1. The number of hydrogen-bond acceptors (Lipinski definition) is 3. The molecule has 3 nitrogen and oxygen atoms in total. The SMILES string of the molecule is CCCN1C=CCN(c2ccc(C)cc2)N1. The molecule has 1 aliphatic heterocycles. The van der Waals surface area contributed by atoms with Gasteiger partial charge in [-0.2, -0.15) is 0 Å². The van der Waals surface area contributed by atoms with Gasteiger partial charge in [-0.05, 0) is 31.6 Å². The third-order valence-electron chi connectivity index (χ3n) is 2.63. The van der Waals surface area contributed by atoms with Crippen molar-refractivity contribution in [3.05, 3.63) is 42.1 Å². The van der Waals surface area contributed by atoms with Gasteiger partial charge in [0.2, 0.25) is 0 Å². The second kappa shape index (κ2) is 5.03. The van der Waals surface area contributed by atoms with E-state index in [9.17, 15) is 0 Å². The van der Waals surface area contributed by atoms with Crippen molar-refractivity contribution in [2.75, 3.05) is 18.1 Å². The van der Waals surface area contributed by atoms with E-state index in [1.807, 2.05) is 0 Å². The van der Waals surface area contributed by atoms with E-state index in [2.05, 4.69) is 65.9 Å². The largest absolute Gasteiger partial charge is 0.298 e. The van der Waals surface area contributed by atoms with E-state index >= 15 is 0 Å². The third-order valence-corrected chi connectivity index (χ3v) is 2.63. The van der Waals surface area contributed by atoms with Crippen molar-refractivity contribution < 1.29 is 0 Å². The summed E-state index contributed by atoms with van der Waals surface area (Å²) < 4.78 is 0. The highest BCUT2D eigenvalue weighted by Gasteiger charge is 2.10. The normalized spacial score (nSPS) is 15.6. The van der Waals surface area contributed by atoms with E-state index in [-0.39, 0.29) is 0 Å². The summed E-state index contributed by atoms with van der Waals surface area (Å²) in [6, 6.07) is 8.57. The van der Waals surface area contributed by atoms with Crippen LogP contribution in [-0.4, -0.2) is 18.1 Å². The zero-order valence-electron chi connectivity index (χ0n) is 9.98. The van der Waals surface area contributed by atoms with Crippen LogP contribution in [0.3, 0.4) is 0 Å². The van der Waals surface area contributed by atoms with Gasteiger partial charge < -0.3 is 0 Å². The molecule has 0 aromatic heterocycles. The third kappa shape index (κ3) is 2.55. The molecule has 0 saturated heterocycles. The van der Waals surface area contributed by atoms with Crippen molar-refractivity contribution in [3.8, 4) is 0 Å². The van der Waals surface area contributed by atoms with E-state index in [0.29, 0.717) is 0 Å². The van der Waals surface area contributed by atoms with Gasteiger partial charge in [0.05, 0.1) is 12.2 Å². The number of anilines is 1. The van der Waals surface area contributed by atoms with Crippen LogP contribution < -0.4 is 10.5 Å². The van der Waals surface area contributed by atoms with Crippen LogP contribution in [0, 0.1) is 6.92 Å². The van der Waals surface area contributed by atoms with Crippen LogP contribution in [0.5, 0.6) is 0 Å². The van der Waals surface area contributed by atoms with Crippen molar-refractivity contribution in [2.24, 2.45) is 0 Å². The van der Waals surface area contributed by atoms with Crippen LogP contribution in [0.25, 0.3) is 0 Å². The van der Waals surface area contributed by atoms with Crippen LogP contribution >= 0.6 is 0 Å². The van der Waals surface area contributed by atoms with Crippen LogP contribution in [0.4, 0.5) is 5.69 Å². The molecular weight excluding hydrogens is 198 g/mol. The maximum Gasteiger partial charge on any atom is 0.0560 e. The van der Waals surface area contributed by atoms with Gasteiger partial charge in [-0.15, -0.1) is 5.53 Å². The fraction of sp³-hybridized carbons (Fsp3) is 0.385. The van der Waals surface area contributed by atoms with Crippen LogP contribution in [0.2, 0.25) is 0 Å². The molecule has 16 heavy (non-hydrogen) atoms. The Balaban J connectivity index is 2.05. The lowest BCUT2D eigenvalue weighted by Gasteiger charge is -2.34. The van der Waals surface area contributed by atoms with Crippen LogP contribution in [0.1, 0.15) is 18.9 Å². The van der Waals surface area contributed by atoms with Gasteiger partial charge in [-0.25, -0.2) is 0 Å². The molecule has 0 unspecified atom stereocenters. The molecule has 1 heterocycles. The van der Waals surface area contributed by atoms with E-state index in [1.54, 1.807) is 0 Å². The van der Waals surface area contributed by atoms with Gasteiger partial charge in [0, 0.05) is 12.7 Å². The Hall–Kier alpha value is -1.48. The van der Waals surface area contributed by atoms with E-state index in [4.69, 9.17) is 0 Å². The summed E-state index contributed by atoms with van der Waals surface area (Å²) in [4.78, 5) is 0. The van der Waals surface area contributed by atoms with Gasteiger partial charge in [-0.1, -0.05) is 24.6 Å². The Morgan fingerprint density at radius 1 is 1.25 bits per heavy atom. The molecule has 1 aromatic carbocycles. The highest BCUT2D eigenvalue weighted by molar-refractivity contribution is 5.47. The molecule has 0 spiro atoms. The molecule has 1 aromatic rings. The van der Waals surface area contributed by atoms with E-state index < -0.39 is 0 Å². The number of hydrogen-bond donors (Lipinski definition) is 1. The van der Waals surface area contributed by atoms with Gasteiger partial charge in [0.25, 0.3) is 0 Å². The quantitative estimate of drug-likeness (QED) is 0.839. The molecule has 0 saturated carbocycles. The minimum Gasteiger partial charge on any atom is -0.298 e. The van der Waals surface area contributed by atoms with Crippen LogP contribution in [-0.2, 0) is 0 Å². The molecular formula is C13H19N3. The molecule has 1 N–H and O–H groups in total. The second-order valence-corrected chi connectivity index (χ2v) is 4.12. The average Bonchev–Trinajstić information content (AvgIpc) is 2.31. The number of benzene rings is 1. The molecule has 3 heteroatoms. The first-order valence-electron chi connectivity index (χ1n) is 5.83. The Bertz CT molecular complexity index is 356. The zero-order valence-corrected chi connectivity index (χ0v) is 9.98. The number of hydrazine groups is 2. The van der Waals surface area contributed by atoms with Gasteiger partial charge in [0.1, 0.15) is 0 Å². The predicted molar refractivity (Wildman–Crippen MR) is 67.8 cm³/mol. The van der Waals surface area contributed by atoms with Crippen molar-refractivity contribution in [2.45, 2.75) is 20.3 Å². The highest BCUT2D eigenvalue weighted by atomic mass is 15.8. The summed E-state index contributed by atoms with van der Waals surface area (Å²) in [6.07, 6.45) is 5.42. The number of nitrogens with zero attached hydrogens (tertiary/aromatic N) is 2. The summed E-state index contributed by atoms with van der Waals surface area (Å²) in [5, 5.41) is 4.26. The fourth-order valence-corrected chi connectivity index (χ4v) is 1.76. The Morgan fingerprint density at radius 2 is 2.00 bits per heavy atom. The molecule has 86 valence electrons. The summed E-state index contributed by atoms with van der Waals surface area (Å²) >= 11 is 0. The Labute approximate surface area is 97.3 Å². The minimum absolute atomic E-state index is 0.906. The van der Waals surface area contributed by atoms with E-state index in [1.165, 1.54) is 11.3 Å². The van der Waals surface area contributed by atoms with Crippen molar-refractivity contribution in [3.63, 3.8) is 0 Å². The summed E-state index contributed by atoms with van der Waals surface area (Å²) in [5.41, 5.74) is 5.87. The first kappa shape index (κ1) is 11.0. The van der Waals surface area contributed by atoms with Crippen molar-refractivity contribution >= 4 is 5.69 Å². The minimum atomic E-state index is 0.906. The van der Waals surface area contributed by atoms with Gasteiger partial charge >= 0.3 is 0 Å². The summed E-state index contributed by atoms with van der Waals surface area (Å²) in [5.74, 6) is 0. The number of nitrogens with one attached hydrogen (secondary N) is 1. The van der Waals surface area contributed by atoms with Gasteiger partial charge in [-0.3, -0.25) is 10.0 Å². The Kier molecular flexibility index (Phi) is 3.47. The lowest BCUT2D eigenvalue weighted by molar-refractivity contribution is 0.250. The monoisotopic (exact) mass is 217 g/mol. The zero-order chi connectivity index (χ0) is 11.4. The fourth-order valence-electron chi connectivity index (χ4n) is 1.76. The lowest BCUT2D eigenvalue weighted by atomic mass is 10.2. The first-order valence-corrected chi connectivity index (χ1v) is 5.83. The molecule has 2 rings (SSSR count). The number of rotatable bonds is 3. The molecule has 1 aliphatic rings. The average molecular weight is 217 g/mol. The topological polar surface area (TPSA) is 18.5 Å².